The van der Waals surface area contributed by atoms with Crippen molar-refractivity contribution in [3.8, 4) is 0 Å². The minimum atomic E-state index is 0.339. The van der Waals surface area contributed by atoms with E-state index in [4.69, 9.17) is 11.6 Å². The number of rotatable bonds is 3. The highest BCUT2D eigenvalue weighted by atomic mass is 35.5. The van der Waals surface area contributed by atoms with Gasteiger partial charge in [-0.1, -0.05) is 30.3 Å². The van der Waals surface area contributed by atoms with E-state index in [2.05, 4.69) is 27.4 Å². The van der Waals surface area contributed by atoms with Gasteiger partial charge in [0.15, 0.2) is 0 Å². The van der Waals surface area contributed by atoms with E-state index >= 15 is 0 Å². The number of anilines is 1. The molecule has 3 rings (SSSR count). The van der Waals surface area contributed by atoms with Gasteiger partial charge in [0.05, 0.1) is 5.69 Å². The monoisotopic (exact) mass is 259 g/mol. The Morgan fingerprint density at radius 2 is 1.94 bits per heavy atom. The quantitative estimate of drug-likeness (QED) is 0.860. The van der Waals surface area contributed by atoms with E-state index < -0.39 is 0 Å². The molecule has 0 saturated heterocycles. The van der Waals surface area contributed by atoms with Crippen LogP contribution in [0.25, 0.3) is 0 Å². The number of fused-ring (bicyclic) bond motifs is 1. The summed E-state index contributed by atoms with van der Waals surface area (Å²) in [4.78, 5) is 8.59. The lowest BCUT2D eigenvalue weighted by Crippen LogP contribution is -2.06. The maximum atomic E-state index is 5.95. The Labute approximate surface area is 111 Å². The lowest BCUT2D eigenvalue weighted by atomic mass is 10.2. The molecule has 1 aliphatic rings. The first-order chi connectivity index (χ1) is 8.83. The van der Waals surface area contributed by atoms with Crippen LogP contribution in [0.4, 0.5) is 5.82 Å². The molecule has 0 fully saturated rings. The average Bonchev–Trinajstić information content (AvgIpc) is 2.85. The van der Waals surface area contributed by atoms with Crippen molar-refractivity contribution in [1.29, 1.82) is 0 Å². The molecule has 3 nitrogen and oxygen atoms in total. The van der Waals surface area contributed by atoms with E-state index in [9.17, 15) is 0 Å². The smallest absolute Gasteiger partial charge is 0.224 e. The summed E-state index contributed by atoms with van der Waals surface area (Å²) in [7, 11) is 0. The van der Waals surface area contributed by atoms with Crippen molar-refractivity contribution in [3.63, 3.8) is 0 Å². The fraction of sp³-hybridized carbons (Fsp3) is 0.286. The molecule has 0 spiro atoms. The number of nitrogens with zero attached hydrogens (tertiary/aromatic N) is 2. The van der Waals surface area contributed by atoms with Crippen molar-refractivity contribution in [2.75, 3.05) is 5.32 Å². The average molecular weight is 260 g/mol. The number of halogens is 1. The Hall–Kier alpha value is -1.61. The molecular weight excluding hydrogens is 246 g/mol. The van der Waals surface area contributed by atoms with Gasteiger partial charge in [-0.3, -0.25) is 0 Å². The van der Waals surface area contributed by atoms with Gasteiger partial charge in [0.1, 0.15) is 5.82 Å². The van der Waals surface area contributed by atoms with E-state index in [-0.39, 0.29) is 0 Å². The summed E-state index contributed by atoms with van der Waals surface area (Å²) < 4.78 is 0. The first-order valence-electron chi connectivity index (χ1n) is 6.16. The fourth-order valence-electron chi connectivity index (χ4n) is 2.33. The Morgan fingerprint density at radius 3 is 2.78 bits per heavy atom. The molecule has 4 heteroatoms. The van der Waals surface area contributed by atoms with Crippen LogP contribution in [0.3, 0.4) is 0 Å². The van der Waals surface area contributed by atoms with Crippen LogP contribution in [0.15, 0.2) is 30.3 Å². The van der Waals surface area contributed by atoms with Crippen LogP contribution in [-0.4, -0.2) is 9.97 Å². The van der Waals surface area contributed by atoms with Gasteiger partial charge in [0.2, 0.25) is 5.28 Å². The Kier molecular flexibility index (Phi) is 3.15. The van der Waals surface area contributed by atoms with E-state index in [0.29, 0.717) is 5.28 Å². The number of hydrogen-bond donors (Lipinski definition) is 1. The summed E-state index contributed by atoms with van der Waals surface area (Å²) in [6.45, 7) is 0.765. The predicted octanol–water partition coefficient (Wildman–Crippen LogP) is 3.23. The van der Waals surface area contributed by atoms with Gasteiger partial charge >= 0.3 is 0 Å². The van der Waals surface area contributed by atoms with Crippen LogP contribution in [0, 0.1) is 0 Å². The van der Waals surface area contributed by atoms with E-state index in [1.165, 1.54) is 11.1 Å². The van der Waals surface area contributed by atoms with Gasteiger partial charge in [0, 0.05) is 12.1 Å². The molecule has 0 aliphatic heterocycles. The molecule has 0 atom stereocenters. The first-order valence-corrected chi connectivity index (χ1v) is 6.54. The molecule has 2 aromatic rings. The van der Waals surface area contributed by atoms with Crippen molar-refractivity contribution in [2.24, 2.45) is 0 Å². The normalized spacial score (nSPS) is 13.4. The Morgan fingerprint density at radius 1 is 1.11 bits per heavy atom. The lowest BCUT2D eigenvalue weighted by molar-refractivity contribution is 0.899. The highest BCUT2D eigenvalue weighted by molar-refractivity contribution is 6.28. The Balaban J connectivity index is 1.81. The molecule has 0 radical (unpaired) electrons. The molecule has 1 aromatic carbocycles. The standard InChI is InChI=1S/C14H14ClN3/c15-14-17-12-8-4-7-11(12)13(18-14)16-9-10-5-2-1-3-6-10/h1-3,5-6H,4,7-9H2,(H,16,17,18). The summed E-state index contributed by atoms with van der Waals surface area (Å²) in [5, 5.41) is 3.71. The topological polar surface area (TPSA) is 37.8 Å². The lowest BCUT2D eigenvalue weighted by Gasteiger charge is -2.10. The maximum Gasteiger partial charge on any atom is 0.224 e. The molecule has 1 heterocycles. The molecule has 1 N–H and O–H groups in total. The van der Waals surface area contributed by atoms with Gasteiger partial charge in [-0.15, -0.1) is 0 Å². The number of benzene rings is 1. The minimum Gasteiger partial charge on any atom is -0.366 e. The summed E-state index contributed by atoms with van der Waals surface area (Å²) >= 11 is 5.95. The summed E-state index contributed by atoms with van der Waals surface area (Å²) in [5.74, 6) is 0.895. The molecule has 0 saturated carbocycles. The predicted molar refractivity (Wildman–Crippen MR) is 72.8 cm³/mol. The van der Waals surface area contributed by atoms with Crippen molar-refractivity contribution < 1.29 is 0 Å². The third-order valence-electron chi connectivity index (χ3n) is 3.21. The van der Waals surface area contributed by atoms with Crippen molar-refractivity contribution >= 4 is 17.4 Å². The van der Waals surface area contributed by atoms with Crippen LogP contribution >= 0.6 is 11.6 Å². The third kappa shape index (κ3) is 2.31. The van der Waals surface area contributed by atoms with Crippen molar-refractivity contribution in [1.82, 2.24) is 9.97 Å². The largest absolute Gasteiger partial charge is 0.366 e. The molecule has 18 heavy (non-hydrogen) atoms. The van der Waals surface area contributed by atoms with Crippen molar-refractivity contribution in [2.45, 2.75) is 25.8 Å². The second-order valence-corrected chi connectivity index (χ2v) is 4.80. The molecule has 0 unspecified atom stereocenters. The Bertz CT molecular complexity index is 554. The molecule has 0 amide bonds. The molecule has 1 aromatic heterocycles. The maximum absolute atomic E-state index is 5.95. The minimum absolute atomic E-state index is 0.339. The van der Waals surface area contributed by atoms with Gasteiger partial charge in [-0.05, 0) is 36.4 Å². The number of hydrogen-bond acceptors (Lipinski definition) is 3. The van der Waals surface area contributed by atoms with E-state index in [1.807, 2.05) is 18.2 Å². The van der Waals surface area contributed by atoms with Gasteiger partial charge < -0.3 is 5.32 Å². The molecule has 92 valence electrons. The summed E-state index contributed by atoms with van der Waals surface area (Å²) in [5.41, 5.74) is 3.57. The van der Waals surface area contributed by atoms with E-state index in [1.54, 1.807) is 0 Å². The number of aryl methyl sites for hydroxylation is 1. The molecular formula is C14H14ClN3. The first kappa shape index (κ1) is 11.5. The van der Waals surface area contributed by atoms with Crippen molar-refractivity contribution in [3.05, 3.63) is 52.4 Å². The zero-order valence-corrected chi connectivity index (χ0v) is 10.7. The number of nitrogens with one attached hydrogen (secondary N) is 1. The van der Waals surface area contributed by atoms with Gasteiger partial charge in [0.25, 0.3) is 0 Å². The van der Waals surface area contributed by atoms with E-state index in [0.717, 1.165) is 37.3 Å². The van der Waals surface area contributed by atoms with Crippen LogP contribution in [0.5, 0.6) is 0 Å². The zero-order chi connectivity index (χ0) is 12.4. The number of aromatic nitrogens is 2. The highest BCUT2D eigenvalue weighted by Gasteiger charge is 2.18. The second kappa shape index (κ2) is 4.94. The van der Waals surface area contributed by atoms with Crippen LogP contribution < -0.4 is 5.32 Å². The van der Waals surface area contributed by atoms with Crippen LogP contribution in [0.1, 0.15) is 23.2 Å². The SMILES string of the molecule is Clc1nc2c(c(NCc3ccccc3)n1)CCC2. The molecule has 0 bridgehead atoms. The second-order valence-electron chi connectivity index (χ2n) is 4.46. The van der Waals surface area contributed by atoms with Crippen LogP contribution in [-0.2, 0) is 19.4 Å². The zero-order valence-electron chi connectivity index (χ0n) is 9.99. The highest BCUT2D eigenvalue weighted by Crippen LogP contribution is 2.27. The third-order valence-corrected chi connectivity index (χ3v) is 3.38. The van der Waals surface area contributed by atoms with Gasteiger partial charge in [-0.25, -0.2) is 9.97 Å². The summed E-state index contributed by atoms with van der Waals surface area (Å²) in [6.07, 6.45) is 3.20. The van der Waals surface area contributed by atoms with Crippen LogP contribution in [0.2, 0.25) is 5.28 Å². The summed E-state index contributed by atoms with van der Waals surface area (Å²) in [6, 6.07) is 10.3. The fourth-order valence-corrected chi connectivity index (χ4v) is 2.52. The van der Waals surface area contributed by atoms with Gasteiger partial charge in [-0.2, -0.15) is 0 Å². The molecule has 1 aliphatic carbocycles.